The number of pyridine rings is 1. The fourth-order valence-corrected chi connectivity index (χ4v) is 3.39. The Bertz CT molecular complexity index is 988. The second kappa shape index (κ2) is 6.75. The monoisotopic (exact) mass is 368 g/mol. The lowest BCUT2D eigenvalue weighted by atomic mass is 10.2. The van der Waals surface area contributed by atoms with Crippen molar-refractivity contribution < 1.29 is 14.6 Å². The number of ether oxygens (including phenoxy) is 1. The molecule has 0 aromatic carbocycles. The third kappa shape index (κ3) is 3.01. The zero-order valence-corrected chi connectivity index (χ0v) is 15.1. The van der Waals surface area contributed by atoms with Crippen LogP contribution in [0.15, 0.2) is 36.7 Å². The maximum Gasteiger partial charge on any atom is 0.407 e. The van der Waals surface area contributed by atoms with Crippen molar-refractivity contribution in [2.24, 2.45) is 0 Å². The zero-order valence-electron chi connectivity index (χ0n) is 15.1. The predicted octanol–water partition coefficient (Wildman–Crippen LogP) is 1.99. The Kier molecular flexibility index (Phi) is 4.27. The van der Waals surface area contributed by atoms with Crippen LogP contribution in [0.25, 0.3) is 16.9 Å². The molecule has 3 aromatic heterocycles. The fraction of sp³-hybridized carbons (Fsp3) is 0.333. The van der Waals surface area contributed by atoms with Crippen LogP contribution in [0.4, 0.5) is 10.6 Å². The molecular formula is C18H20N6O3. The molecule has 9 heteroatoms. The van der Waals surface area contributed by atoms with E-state index in [2.05, 4.69) is 14.9 Å². The predicted molar refractivity (Wildman–Crippen MR) is 99.2 cm³/mol. The van der Waals surface area contributed by atoms with E-state index in [1.807, 2.05) is 24.3 Å². The number of carbonyl (C=O) groups is 1. The second-order valence-electron chi connectivity index (χ2n) is 6.45. The topological polar surface area (TPSA) is 96.1 Å². The largest absolute Gasteiger partial charge is 0.481 e. The van der Waals surface area contributed by atoms with Gasteiger partial charge in [-0.25, -0.2) is 19.3 Å². The maximum absolute atomic E-state index is 11.2. The molecule has 1 unspecified atom stereocenters. The van der Waals surface area contributed by atoms with Gasteiger partial charge < -0.3 is 19.6 Å². The molecule has 1 fully saturated rings. The molecule has 4 heterocycles. The highest BCUT2D eigenvalue weighted by Crippen LogP contribution is 2.29. The number of nitrogens with zero attached hydrogens (tertiary/aromatic N) is 6. The van der Waals surface area contributed by atoms with Gasteiger partial charge in [0.25, 0.3) is 0 Å². The zero-order chi connectivity index (χ0) is 19.0. The molecule has 1 amide bonds. The first-order valence-electron chi connectivity index (χ1n) is 8.63. The fourth-order valence-electron chi connectivity index (χ4n) is 3.39. The number of likely N-dealkylation sites (N-methyl/N-ethyl adjacent to an activating group) is 1. The van der Waals surface area contributed by atoms with Crippen LogP contribution in [0.5, 0.6) is 5.88 Å². The molecule has 1 saturated heterocycles. The maximum atomic E-state index is 11.2. The van der Waals surface area contributed by atoms with Gasteiger partial charge in [0.05, 0.1) is 30.6 Å². The number of rotatable bonds is 4. The Morgan fingerprint density at radius 1 is 1.33 bits per heavy atom. The Morgan fingerprint density at radius 2 is 2.19 bits per heavy atom. The summed E-state index contributed by atoms with van der Waals surface area (Å²) in [6.45, 7) is 1.36. The third-order valence-corrected chi connectivity index (χ3v) is 4.93. The molecule has 9 nitrogen and oxygen atoms in total. The molecule has 4 rings (SSSR count). The highest BCUT2D eigenvalue weighted by atomic mass is 16.5. The number of amides is 1. The van der Waals surface area contributed by atoms with Gasteiger partial charge in [-0.2, -0.15) is 0 Å². The Balaban J connectivity index is 1.68. The molecule has 140 valence electrons. The molecule has 1 atom stereocenters. The molecule has 1 aliphatic heterocycles. The van der Waals surface area contributed by atoms with E-state index in [0.717, 1.165) is 35.7 Å². The Morgan fingerprint density at radius 3 is 2.96 bits per heavy atom. The average molecular weight is 368 g/mol. The number of methoxy groups -OCH3 is 1. The van der Waals surface area contributed by atoms with E-state index >= 15 is 0 Å². The summed E-state index contributed by atoms with van der Waals surface area (Å²) in [5, 5.41) is 13.9. The Labute approximate surface area is 155 Å². The number of carboxylic acid groups (broad SMARTS) is 1. The number of imidazole rings is 1. The molecular weight excluding hydrogens is 348 g/mol. The van der Waals surface area contributed by atoms with Gasteiger partial charge >= 0.3 is 6.09 Å². The number of fused-ring (bicyclic) bond motifs is 1. The smallest absolute Gasteiger partial charge is 0.407 e. The molecule has 27 heavy (non-hydrogen) atoms. The van der Waals surface area contributed by atoms with Crippen molar-refractivity contribution in [2.45, 2.75) is 12.5 Å². The summed E-state index contributed by atoms with van der Waals surface area (Å²) in [7, 11) is 3.19. The summed E-state index contributed by atoms with van der Waals surface area (Å²) < 4.78 is 7.13. The molecule has 0 aliphatic carbocycles. The molecule has 0 radical (unpaired) electrons. The van der Waals surface area contributed by atoms with E-state index in [1.54, 1.807) is 31.1 Å². The summed E-state index contributed by atoms with van der Waals surface area (Å²) in [4.78, 5) is 23.3. The normalized spacial score (nSPS) is 16.7. The lowest BCUT2D eigenvalue weighted by molar-refractivity contribution is 0.142. The first kappa shape index (κ1) is 17.1. The van der Waals surface area contributed by atoms with Crippen LogP contribution in [-0.2, 0) is 0 Å². The number of hydrogen-bond acceptors (Lipinski definition) is 6. The first-order valence-corrected chi connectivity index (χ1v) is 8.63. The van der Waals surface area contributed by atoms with Crippen molar-refractivity contribution in [3.63, 3.8) is 0 Å². The van der Waals surface area contributed by atoms with E-state index in [0.29, 0.717) is 12.4 Å². The minimum absolute atomic E-state index is 0.0410. The van der Waals surface area contributed by atoms with Crippen LogP contribution in [0.1, 0.15) is 6.42 Å². The van der Waals surface area contributed by atoms with Crippen LogP contribution in [0, 0.1) is 0 Å². The van der Waals surface area contributed by atoms with Crippen LogP contribution in [0.3, 0.4) is 0 Å². The number of anilines is 1. The van der Waals surface area contributed by atoms with Gasteiger partial charge in [-0.05, 0) is 30.7 Å². The summed E-state index contributed by atoms with van der Waals surface area (Å²) in [6.07, 6.45) is 3.28. The van der Waals surface area contributed by atoms with Gasteiger partial charge in [0.15, 0.2) is 5.65 Å². The van der Waals surface area contributed by atoms with Gasteiger partial charge in [-0.15, -0.1) is 5.10 Å². The summed E-state index contributed by atoms with van der Waals surface area (Å²) >= 11 is 0. The molecule has 0 spiro atoms. The molecule has 1 N–H and O–H groups in total. The third-order valence-electron chi connectivity index (χ3n) is 4.93. The van der Waals surface area contributed by atoms with Crippen molar-refractivity contribution in [3.05, 3.63) is 36.7 Å². The minimum Gasteiger partial charge on any atom is -0.481 e. The Hall–Kier alpha value is -3.36. The lowest BCUT2D eigenvalue weighted by Gasteiger charge is -2.22. The van der Waals surface area contributed by atoms with Gasteiger partial charge in [0.1, 0.15) is 5.82 Å². The van der Waals surface area contributed by atoms with E-state index in [1.165, 1.54) is 4.90 Å². The molecule has 0 saturated carbocycles. The van der Waals surface area contributed by atoms with Crippen molar-refractivity contribution in [1.82, 2.24) is 24.5 Å². The van der Waals surface area contributed by atoms with Crippen molar-refractivity contribution in [3.8, 4) is 17.1 Å². The molecule has 0 bridgehead atoms. The van der Waals surface area contributed by atoms with Crippen LogP contribution < -0.4 is 9.64 Å². The average Bonchev–Trinajstić information content (AvgIpc) is 3.34. The van der Waals surface area contributed by atoms with Crippen LogP contribution in [0.2, 0.25) is 0 Å². The van der Waals surface area contributed by atoms with Crippen molar-refractivity contribution >= 4 is 17.6 Å². The molecule has 3 aromatic rings. The van der Waals surface area contributed by atoms with Gasteiger partial charge in [-0.3, -0.25) is 0 Å². The van der Waals surface area contributed by atoms with Gasteiger partial charge in [-0.1, -0.05) is 0 Å². The summed E-state index contributed by atoms with van der Waals surface area (Å²) in [6, 6.07) is 7.53. The van der Waals surface area contributed by atoms with Gasteiger partial charge in [0.2, 0.25) is 5.88 Å². The standard InChI is InChI=1S/C18H20N6O3/c1-22(18(25)26)12-7-9-23(11-12)16-6-5-15-20-10-14(24(15)21-16)13-4-3-8-19-17(13)27-2/h3-6,8,10,12H,7,9,11H2,1-2H3,(H,25,26). The highest BCUT2D eigenvalue weighted by molar-refractivity contribution is 5.68. The van der Waals surface area contributed by atoms with Crippen molar-refractivity contribution in [1.29, 1.82) is 0 Å². The molecule has 1 aliphatic rings. The van der Waals surface area contributed by atoms with Gasteiger partial charge in [0, 0.05) is 26.3 Å². The SMILES string of the molecule is COc1ncccc1-c1cnc2ccc(N3CCC(N(C)C(=O)O)C3)nn12. The summed E-state index contributed by atoms with van der Waals surface area (Å²) in [5.74, 6) is 1.29. The van der Waals surface area contributed by atoms with Crippen LogP contribution >= 0.6 is 0 Å². The minimum atomic E-state index is -0.911. The van der Waals surface area contributed by atoms with E-state index in [4.69, 9.17) is 9.84 Å². The van der Waals surface area contributed by atoms with E-state index in [9.17, 15) is 9.90 Å². The van der Waals surface area contributed by atoms with E-state index < -0.39 is 6.09 Å². The second-order valence-corrected chi connectivity index (χ2v) is 6.45. The quantitative estimate of drug-likeness (QED) is 0.752. The first-order chi connectivity index (χ1) is 13.1. The lowest BCUT2D eigenvalue weighted by Crippen LogP contribution is -2.38. The summed E-state index contributed by atoms with van der Waals surface area (Å²) in [5.41, 5.74) is 2.32. The number of hydrogen-bond donors (Lipinski definition) is 1. The highest BCUT2D eigenvalue weighted by Gasteiger charge is 2.29. The number of aromatic nitrogens is 4. The van der Waals surface area contributed by atoms with Crippen molar-refractivity contribution in [2.75, 3.05) is 32.1 Å². The van der Waals surface area contributed by atoms with E-state index in [-0.39, 0.29) is 6.04 Å². The van der Waals surface area contributed by atoms with Crippen LogP contribution in [-0.4, -0.2) is 69.0 Å².